The SMILES string of the molecule is CC(C)C(NC(=O)COc1ccc(-c2cccc([C@@H](C)O)n2)cc1)C(=O)N[C@@H](C)C(=O)N1CCC[C@@H](C(=O)OCC(Cl)(Cl)Cl)N1. The van der Waals surface area contributed by atoms with Crippen molar-refractivity contribution in [3.63, 3.8) is 0 Å². The number of aromatic nitrogens is 1. The first-order chi connectivity index (χ1) is 21.1. The summed E-state index contributed by atoms with van der Waals surface area (Å²) in [7, 11) is 0. The number of carbonyl (C=O) groups is 4. The molecular weight excluding hydrogens is 649 g/mol. The van der Waals surface area contributed by atoms with E-state index in [9.17, 15) is 24.3 Å². The van der Waals surface area contributed by atoms with Crippen LogP contribution in [0.25, 0.3) is 11.3 Å². The van der Waals surface area contributed by atoms with E-state index in [0.717, 1.165) is 5.56 Å². The molecule has 0 saturated carbocycles. The van der Waals surface area contributed by atoms with Gasteiger partial charge in [0.1, 0.15) is 30.5 Å². The standard InChI is InChI=1S/C30H38Cl3N5O7/c1-17(2)26(27(41)34-18(3)28(42)38-14-6-9-24(37-38)29(43)45-16-30(31,32)33)36-25(40)15-44-21-12-10-20(11-13-21)23-8-5-7-22(35-23)19(4)39/h5,7-8,10-13,17-19,24,26,37,39H,6,9,14-16H2,1-4H3,(H,34,41)(H,36,40)/t18-,19+,24-,26?/m0/s1. The van der Waals surface area contributed by atoms with Gasteiger partial charge in [-0.05, 0) is 69.0 Å². The van der Waals surface area contributed by atoms with Crippen LogP contribution >= 0.6 is 34.8 Å². The summed E-state index contributed by atoms with van der Waals surface area (Å²) < 4.78 is 8.86. The number of nitrogens with one attached hydrogen (secondary N) is 3. The van der Waals surface area contributed by atoms with E-state index < -0.39 is 58.3 Å². The maximum Gasteiger partial charge on any atom is 0.325 e. The molecule has 1 aliphatic rings. The van der Waals surface area contributed by atoms with Crippen LogP contribution in [0.5, 0.6) is 5.75 Å². The zero-order valence-electron chi connectivity index (χ0n) is 25.4. The molecule has 1 fully saturated rings. The van der Waals surface area contributed by atoms with E-state index in [1.54, 1.807) is 51.1 Å². The molecule has 1 aromatic carbocycles. The largest absolute Gasteiger partial charge is 0.484 e. The molecule has 4 atom stereocenters. The summed E-state index contributed by atoms with van der Waals surface area (Å²) >= 11 is 16.9. The van der Waals surface area contributed by atoms with Crippen LogP contribution in [0.1, 0.15) is 52.3 Å². The lowest BCUT2D eigenvalue weighted by Crippen LogP contribution is -2.61. The van der Waals surface area contributed by atoms with E-state index in [2.05, 4.69) is 21.0 Å². The van der Waals surface area contributed by atoms with Crippen LogP contribution in [0.15, 0.2) is 42.5 Å². The third-order valence-electron chi connectivity index (χ3n) is 6.83. The van der Waals surface area contributed by atoms with Gasteiger partial charge < -0.3 is 25.2 Å². The van der Waals surface area contributed by atoms with E-state index in [1.807, 2.05) is 12.1 Å². The van der Waals surface area contributed by atoms with Crippen molar-refractivity contribution in [2.45, 2.75) is 68.6 Å². The number of benzene rings is 1. The van der Waals surface area contributed by atoms with Gasteiger partial charge in [0, 0.05) is 12.1 Å². The highest BCUT2D eigenvalue weighted by molar-refractivity contribution is 6.67. The molecule has 1 unspecified atom stereocenters. The Hall–Kier alpha value is -3.16. The van der Waals surface area contributed by atoms with Crippen molar-refractivity contribution in [3.8, 4) is 17.0 Å². The number of hydrogen-bond acceptors (Lipinski definition) is 9. The summed E-state index contributed by atoms with van der Waals surface area (Å²) in [6.07, 6.45) is 0.227. The van der Waals surface area contributed by atoms with Crippen LogP contribution in [0.2, 0.25) is 0 Å². The number of pyridine rings is 1. The Balaban J connectivity index is 1.50. The van der Waals surface area contributed by atoms with Crippen molar-refractivity contribution in [3.05, 3.63) is 48.2 Å². The molecule has 0 bridgehead atoms. The van der Waals surface area contributed by atoms with Crippen LogP contribution in [0, 0.1) is 5.92 Å². The maximum atomic E-state index is 13.1. The molecular formula is C30H38Cl3N5O7. The number of ether oxygens (including phenoxy) is 2. The highest BCUT2D eigenvalue weighted by Crippen LogP contribution is 2.26. The zero-order chi connectivity index (χ0) is 33.3. The van der Waals surface area contributed by atoms with E-state index in [0.29, 0.717) is 36.5 Å². The minimum Gasteiger partial charge on any atom is -0.484 e. The van der Waals surface area contributed by atoms with Gasteiger partial charge in [-0.1, -0.05) is 54.7 Å². The predicted octanol–water partition coefficient (Wildman–Crippen LogP) is 3.24. The monoisotopic (exact) mass is 685 g/mol. The zero-order valence-corrected chi connectivity index (χ0v) is 27.7. The summed E-state index contributed by atoms with van der Waals surface area (Å²) in [5.74, 6) is -2.08. The first-order valence-electron chi connectivity index (χ1n) is 14.4. The number of amides is 3. The van der Waals surface area contributed by atoms with Crippen molar-refractivity contribution >= 4 is 58.5 Å². The smallest absolute Gasteiger partial charge is 0.325 e. The molecule has 0 aliphatic carbocycles. The normalized spacial score (nSPS) is 17.2. The lowest BCUT2D eigenvalue weighted by Gasteiger charge is -2.34. The fourth-order valence-electron chi connectivity index (χ4n) is 4.43. The third kappa shape index (κ3) is 11.3. The molecule has 12 nitrogen and oxygen atoms in total. The average molecular weight is 687 g/mol. The van der Waals surface area contributed by atoms with Gasteiger partial charge in [-0.25, -0.2) is 5.43 Å². The van der Waals surface area contributed by atoms with Gasteiger partial charge in [0.05, 0.1) is 17.5 Å². The van der Waals surface area contributed by atoms with Crippen molar-refractivity contribution in [2.75, 3.05) is 19.8 Å². The molecule has 0 spiro atoms. The van der Waals surface area contributed by atoms with E-state index in [4.69, 9.17) is 44.3 Å². The Morgan fingerprint density at radius 3 is 2.38 bits per heavy atom. The summed E-state index contributed by atoms with van der Waals surface area (Å²) in [5.41, 5.74) is 4.86. The number of esters is 1. The summed E-state index contributed by atoms with van der Waals surface area (Å²) in [4.78, 5) is 55.7. The maximum absolute atomic E-state index is 13.1. The van der Waals surface area contributed by atoms with Crippen LogP contribution in [0.3, 0.4) is 0 Å². The summed E-state index contributed by atoms with van der Waals surface area (Å²) in [5, 5.41) is 16.3. The van der Waals surface area contributed by atoms with Crippen molar-refractivity contribution < 1.29 is 33.8 Å². The molecule has 45 heavy (non-hydrogen) atoms. The molecule has 1 saturated heterocycles. The molecule has 15 heteroatoms. The van der Waals surface area contributed by atoms with E-state index in [-0.39, 0.29) is 12.5 Å². The third-order valence-corrected chi connectivity index (χ3v) is 7.16. The van der Waals surface area contributed by atoms with E-state index in [1.165, 1.54) is 11.9 Å². The molecule has 1 aliphatic heterocycles. The second-order valence-electron chi connectivity index (χ2n) is 11.0. The molecule has 4 N–H and O–H groups in total. The Bertz CT molecular complexity index is 1340. The Morgan fingerprint density at radius 2 is 1.76 bits per heavy atom. The van der Waals surface area contributed by atoms with Crippen molar-refractivity contribution in [1.29, 1.82) is 0 Å². The highest BCUT2D eigenvalue weighted by Gasteiger charge is 2.34. The number of rotatable bonds is 12. The minimum absolute atomic E-state index is 0.300. The quantitative estimate of drug-likeness (QED) is 0.194. The number of hydrazine groups is 1. The minimum atomic E-state index is -1.76. The lowest BCUT2D eigenvalue weighted by molar-refractivity contribution is -0.152. The number of carbonyl (C=O) groups excluding carboxylic acids is 4. The molecule has 0 radical (unpaired) electrons. The number of aliphatic hydroxyl groups excluding tert-OH is 1. The van der Waals surface area contributed by atoms with Crippen LogP contribution in [-0.2, 0) is 23.9 Å². The average Bonchev–Trinajstić information content (AvgIpc) is 3.00. The van der Waals surface area contributed by atoms with E-state index >= 15 is 0 Å². The summed E-state index contributed by atoms with van der Waals surface area (Å²) in [6, 6.07) is 9.61. The van der Waals surface area contributed by atoms with Gasteiger partial charge >= 0.3 is 5.97 Å². The molecule has 2 aromatic rings. The number of alkyl halides is 3. The molecule has 1 aromatic heterocycles. The topological polar surface area (TPSA) is 159 Å². The lowest BCUT2D eigenvalue weighted by atomic mass is 10.0. The number of hydrogen-bond donors (Lipinski definition) is 4. The Labute approximate surface area is 277 Å². The van der Waals surface area contributed by atoms with Gasteiger partial charge in [-0.2, -0.15) is 0 Å². The predicted molar refractivity (Wildman–Crippen MR) is 169 cm³/mol. The highest BCUT2D eigenvalue weighted by atomic mass is 35.6. The first kappa shape index (κ1) is 36.3. The Morgan fingerprint density at radius 1 is 1.07 bits per heavy atom. The van der Waals surface area contributed by atoms with Gasteiger partial charge in [-0.15, -0.1) is 0 Å². The van der Waals surface area contributed by atoms with Crippen LogP contribution in [0.4, 0.5) is 0 Å². The Kier molecular flexibility index (Phi) is 13.2. The van der Waals surface area contributed by atoms with Gasteiger partial charge in [0.15, 0.2) is 6.61 Å². The van der Waals surface area contributed by atoms with Crippen LogP contribution < -0.4 is 20.8 Å². The second-order valence-corrected chi connectivity index (χ2v) is 13.5. The van der Waals surface area contributed by atoms with Crippen molar-refractivity contribution in [1.82, 2.24) is 26.1 Å². The fraction of sp³-hybridized carbons (Fsp3) is 0.500. The van der Waals surface area contributed by atoms with Gasteiger partial charge in [-0.3, -0.25) is 29.2 Å². The second kappa shape index (κ2) is 16.4. The molecule has 246 valence electrons. The van der Waals surface area contributed by atoms with Gasteiger partial charge in [0.2, 0.25) is 9.70 Å². The molecule has 3 amide bonds. The van der Waals surface area contributed by atoms with Crippen LogP contribution in [-0.4, -0.2) is 80.5 Å². The van der Waals surface area contributed by atoms with Gasteiger partial charge in [0.25, 0.3) is 11.8 Å². The molecule has 3 rings (SSSR count). The van der Waals surface area contributed by atoms with Crippen molar-refractivity contribution in [2.24, 2.45) is 5.92 Å². The first-order valence-corrected chi connectivity index (χ1v) is 15.6. The summed E-state index contributed by atoms with van der Waals surface area (Å²) in [6.45, 7) is 6.20. The number of nitrogens with zero attached hydrogens (tertiary/aromatic N) is 2. The fourth-order valence-corrected chi connectivity index (χ4v) is 4.60. The molecule has 2 heterocycles. The number of aliphatic hydroxyl groups is 1. The number of halogens is 3.